The highest BCUT2D eigenvalue weighted by Gasteiger charge is 2.20. The van der Waals surface area contributed by atoms with Gasteiger partial charge in [-0.3, -0.25) is 9.48 Å². The Kier molecular flexibility index (Phi) is 5.96. The van der Waals surface area contributed by atoms with Gasteiger partial charge in [0.25, 0.3) is 5.91 Å². The summed E-state index contributed by atoms with van der Waals surface area (Å²) >= 11 is 0. The van der Waals surface area contributed by atoms with Crippen molar-refractivity contribution in [1.82, 2.24) is 19.6 Å². The lowest BCUT2D eigenvalue weighted by atomic mass is 10.1. The van der Waals surface area contributed by atoms with Crippen molar-refractivity contribution in [3.05, 3.63) is 59.2 Å². The van der Waals surface area contributed by atoms with Crippen LogP contribution in [0.1, 0.15) is 39.0 Å². The topological polar surface area (TPSA) is 100 Å². The molecule has 0 aliphatic heterocycles. The highest BCUT2D eigenvalue weighted by molar-refractivity contribution is 6.06. The molecule has 2 heterocycles. The van der Waals surface area contributed by atoms with Crippen LogP contribution < -0.4 is 10.1 Å². The average Bonchev–Trinajstić information content (AvgIpc) is 3.32. The van der Waals surface area contributed by atoms with Crippen LogP contribution in [0, 0.1) is 13.8 Å². The van der Waals surface area contributed by atoms with Gasteiger partial charge in [0.05, 0.1) is 12.8 Å². The van der Waals surface area contributed by atoms with Crippen LogP contribution in [0.25, 0.3) is 0 Å². The second-order valence-electron chi connectivity index (χ2n) is 6.53. The van der Waals surface area contributed by atoms with Crippen LogP contribution in [0.3, 0.4) is 0 Å². The van der Waals surface area contributed by atoms with E-state index in [0.717, 1.165) is 16.9 Å². The Morgan fingerprint density at radius 2 is 1.83 bits per heavy atom. The van der Waals surface area contributed by atoms with Gasteiger partial charge in [-0.05, 0) is 50.1 Å². The lowest BCUT2D eigenvalue weighted by molar-refractivity contribution is 0.0594. The van der Waals surface area contributed by atoms with Crippen molar-refractivity contribution in [3.63, 3.8) is 0 Å². The van der Waals surface area contributed by atoms with Crippen molar-refractivity contribution < 1.29 is 19.1 Å². The summed E-state index contributed by atoms with van der Waals surface area (Å²) in [4.78, 5) is 24.4. The highest BCUT2D eigenvalue weighted by atomic mass is 16.5. The van der Waals surface area contributed by atoms with E-state index in [1.165, 1.54) is 16.5 Å². The Labute approximate surface area is 168 Å². The average molecular weight is 397 g/mol. The van der Waals surface area contributed by atoms with E-state index >= 15 is 0 Å². The smallest absolute Gasteiger partial charge is 0.360 e. The number of aryl methyl sites for hydroxylation is 3. The molecular weight excluding hydrogens is 374 g/mol. The Bertz CT molecular complexity index is 1020. The first-order valence-corrected chi connectivity index (χ1v) is 9.11. The first kappa shape index (κ1) is 20.1. The minimum absolute atomic E-state index is 0.0419. The zero-order valence-electron chi connectivity index (χ0n) is 16.8. The van der Waals surface area contributed by atoms with E-state index in [0.29, 0.717) is 6.54 Å². The third kappa shape index (κ3) is 4.81. The maximum atomic E-state index is 12.5. The molecule has 0 unspecified atom stereocenters. The van der Waals surface area contributed by atoms with Crippen molar-refractivity contribution in [1.29, 1.82) is 0 Å². The maximum Gasteiger partial charge on any atom is 0.360 e. The van der Waals surface area contributed by atoms with Gasteiger partial charge < -0.3 is 14.8 Å². The number of benzene rings is 1. The van der Waals surface area contributed by atoms with E-state index in [9.17, 15) is 9.59 Å². The number of aromatic nitrogens is 4. The molecule has 9 heteroatoms. The van der Waals surface area contributed by atoms with Gasteiger partial charge in [0.2, 0.25) is 0 Å². The molecular formula is C20H23N5O4. The number of nitrogens with zero attached hydrogens (tertiary/aromatic N) is 4. The fourth-order valence-electron chi connectivity index (χ4n) is 2.82. The predicted molar refractivity (Wildman–Crippen MR) is 106 cm³/mol. The number of ether oxygens (including phenoxy) is 2. The molecule has 3 rings (SSSR count). The highest BCUT2D eigenvalue weighted by Crippen LogP contribution is 2.18. The van der Waals surface area contributed by atoms with Crippen LogP contribution in [-0.4, -0.2) is 38.5 Å². The number of nitrogens with one attached hydrogen (secondary N) is 1. The molecule has 152 valence electrons. The minimum Gasteiger partial charge on any atom is -0.471 e. The quantitative estimate of drug-likeness (QED) is 0.616. The van der Waals surface area contributed by atoms with Gasteiger partial charge in [-0.1, -0.05) is 6.07 Å². The summed E-state index contributed by atoms with van der Waals surface area (Å²) in [7, 11) is 1.26. The number of carbonyl (C=O) groups is 2. The van der Waals surface area contributed by atoms with Crippen LogP contribution in [0.15, 0.2) is 36.7 Å². The van der Waals surface area contributed by atoms with Gasteiger partial charge in [0.15, 0.2) is 18.1 Å². The van der Waals surface area contributed by atoms with Gasteiger partial charge in [0, 0.05) is 18.9 Å². The van der Waals surface area contributed by atoms with E-state index in [2.05, 4.69) is 21.6 Å². The van der Waals surface area contributed by atoms with Crippen molar-refractivity contribution in [3.8, 4) is 5.75 Å². The standard InChI is InChI=1S/C20H23N5O4/c1-5-24-11-17(18(23-24)20(27)28-4)21-19(26)16-6-7-25(22-16)12-29-15-9-13(2)8-14(3)10-15/h6-11H,5,12H2,1-4H3,(H,21,26). The van der Waals surface area contributed by atoms with Crippen LogP contribution in [0.4, 0.5) is 5.69 Å². The van der Waals surface area contributed by atoms with Crippen molar-refractivity contribution in [2.75, 3.05) is 12.4 Å². The summed E-state index contributed by atoms with van der Waals surface area (Å²) in [5.41, 5.74) is 2.71. The molecule has 29 heavy (non-hydrogen) atoms. The molecule has 0 spiro atoms. The van der Waals surface area contributed by atoms with Crippen molar-refractivity contribution in [2.45, 2.75) is 34.0 Å². The van der Waals surface area contributed by atoms with Gasteiger partial charge in [-0.2, -0.15) is 10.2 Å². The molecule has 0 atom stereocenters. The Morgan fingerprint density at radius 3 is 2.48 bits per heavy atom. The first-order valence-electron chi connectivity index (χ1n) is 9.11. The summed E-state index contributed by atoms with van der Waals surface area (Å²) in [5.74, 6) is -0.352. The Balaban J connectivity index is 1.68. The first-order chi connectivity index (χ1) is 13.9. The number of rotatable bonds is 7. The molecule has 0 aliphatic carbocycles. The third-order valence-corrected chi connectivity index (χ3v) is 4.14. The predicted octanol–water partition coefficient (Wildman–Crippen LogP) is 2.79. The summed E-state index contributed by atoms with van der Waals surface area (Å²) in [6, 6.07) is 7.50. The fourth-order valence-corrected chi connectivity index (χ4v) is 2.82. The van der Waals surface area contributed by atoms with E-state index in [1.807, 2.05) is 32.9 Å². The van der Waals surface area contributed by atoms with Gasteiger partial charge in [-0.15, -0.1) is 0 Å². The second kappa shape index (κ2) is 8.59. The molecule has 1 amide bonds. The Morgan fingerprint density at radius 1 is 1.10 bits per heavy atom. The molecule has 0 saturated carbocycles. The molecule has 0 aliphatic rings. The van der Waals surface area contributed by atoms with E-state index in [4.69, 9.17) is 9.47 Å². The van der Waals surface area contributed by atoms with E-state index in [1.54, 1.807) is 18.5 Å². The van der Waals surface area contributed by atoms with Crippen molar-refractivity contribution in [2.24, 2.45) is 0 Å². The van der Waals surface area contributed by atoms with Crippen LogP contribution in [0.2, 0.25) is 0 Å². The number of anilines is 1. The van der Waals surface area contributed by atoms with Crippen molar-refractivity contribution >= 4 is 17.6 Å². The number of carbonyl (C=O) groups excluding carboxylic acids is 2. The van der Waals surface area contributed by atoms with E-state index < -0.39 is 11.9 Å². The third-order valence-electron chi connectivity index (χ3n) is 4.14. The molecule has 1 N–H and O–H groups in total. The summed E-state index contributed by atoms with van der Waals surface area (Å²) in [5, 5.41) is 11.0. The summed E-state index contributed by atoms with van der Waals surface area (Å²) in [6.07, 6.45) is 3.22. The van der Waals surface area contributed by atoms with Gasteiger partial charge in [-0.25, -0.2) is 9.48 Å². The largest absolute Gasteiger partial charge is 0.471 e. The molecule has 3 aromatic rings. The fraction of sp³-hybridized carbons (Fsp3) is 0.300. The molecule has 2 aromatic heterocycles. The molecule has 0 fully saturated rings. The zero-order valence-corrected chi connectivity index (χ0v) is 16.8. The number of hydrogen-bond acceptors (Lipinski definition) is 6. The summed E-state index contributed by atoms with van der Waals surface area (Å²) in [6.45, 7) is 6.58. The Hall–Kier alpha value is -3.62. The number of hydrogen-bond donors (Lipinski definition) is 1. The molecule has 0 bridgehead atoms. The second-order valence-corrected chi connectivity index (χ2v) is 6.53. The minimum atomic E-state index is -0.625. The number of esters is 1. The van der Waals surface area contributed by atoms with Crippen LogP contribution in [0.5, 0.6) is 5.75 Å². The lowest BCUT2D eigenvalue weighted by Gasteiger charge is -2.08. The lowest BCUT2D eigenvalue weighted by Crippen LogP contribution is -2.16. The van der Waals surface area contributed by atoms with Gasteiger partial charge in [0.1, 0.15) is 5.75 Å². The van der Waals surface area contributed by atoms with E-state index in [-0.39, 0.29) is 23.8 Å². The summed E-state index contributed by atoms with van der Waals surface area (Å²) < 4.78 is 13.5. The normalized spacial score (nSPS) is 10.6. The molecule has 9 nitrogen and oxygen atoms in total. The molecule has 0 radical (unpaired) electrons. The monoisotopic (exact) mass is 397 g/mol. The van der Waals surface area contributed by atoms with Crippen LogP contribution in [-0.2, 0) is 18.0 Å². The number of amides is 1. The number of methoxy groups -OCH3 is 1. The maximum absolute atomic E-state index is 12.5. The van der Waals surface area contributed by atoms with Gasteiger partial charge >= 0.3 is 5.97 Å². The zero-order chi connectivity index (χ0) is 21.0. The molecule has 1 aromatic carbocycles. The SMILES string of the molecule is CCn1cc(NC(=O)c2ccn(COc3cc(C)cc(C)c3)n2)c(C(=O)OC)n1. The molecule has 0 saturated heterocycles. The van der Waals surface area contributed by atoms with Crippen LogP contribution >= 0.6 is 0 Å².